The molecule has 3 aromatic heterocycles. The van der Waals surface area contributed by atoms with Crippen LogP contribution in [0.15, 0.2) is 90.1 Å². The predicted octanol–water partition coefficient (Wildman–Crippen LogP) is 6.65. The zero-order chi connectivity index (χ0) is 30.1. The molecule has 0 spiro atoms. The predicted molar refractivity (Wildman–Crippen MR) is 163 cm³/mol. The van der Waals surface area contributed by atoms with Crippen molar-refractivity contribution in [2.24, 2.45) is 0 Å². The average Bonchev–Trinajstić information content (AvgIpc) is 3.57. The molecule has 0 aliphatic rings. The molecular weight excluding hydrogens is 574 g/mol. The van der Waals surface area contributed by atoms with E-state index < -0.39 is 29.9 Å². The van der Waals surface area contributed by atoms with E-state index in [4.69, 9.17) is 9.47 Å². The number of hydrogen-bond acceptors (Lipinski definition) is 6. The van der Waals surface area contributed by atoms with E-state index >= 15 is 0 Å². The second-order valence-electron chi connectivity index (χ2n) is 11.1. The number of nitrogens with zero attached hydrogens (tertiary/aromatic N) is 3. The van der Waals surface area contributed by atoms with Crippen LogP contribution in [0.5, 0.6) is 0 Å². The number of esters is 1. The van der Waals surface area contributed by atoms with Crippen LogP contribution in [0.3, 0.4) is 0 Å². The van der Waals surface area contributed by atoms with E-state index in [-0.39, 0.29) is 22.8 Å². The van der Waals surface area contributed by atoms with Crippen molar-refractivity contribution in [2.45, 2.75) is 37.3 Å². The van der Waals surface area contributed by atoms with Crippen LogP contribution >= 0.6 is 0 Å². The minimum atomic E-state index is -3.92. The molecule has 0 amide bonds. The maximum absolute atomic E-state index is 14.4. The van der Waals surface area contributed by atoms with E-state index in [1.165, 1.54) is 43.8 Å². The van der Waals surface area contributed by atoms with Gasteiger partial charge in [-0.25, -0.2) is 26.6 Å². The Kier molecular flexibility index (Phi) is 8.18. The quantitative estimate of drug-likeness (QED) is 0.101. The van der Waals surface area contributed by atoms with Gasteiger partial charge >= 0.3 is 5.97 Å². The summed E-state index contributed by atoms with van der Waals surface area (Å²) in [6.07, 6.45) is 2.99. The van der Waals surface area contributed by atoms with Crippen LogP contribution in [0.1, 0.15) is 10.4 Å². The molecule has 11 heteroatoms. The van der Waals surface area contributed by atoms with Gasteiger partial charge in [0.25, 0.3) is 10.0 Å². The number of carbonyl (C=O) groups excluding carboxylic acids is 1. The molecule has 0 aliphatic heterocycles. The SMILES string of the molecule is COC(=O)c1cc(-c2ccnc3c2ccn3S(=O)(=O)c2ccccc2)n(COCC[Si](C)(C)C)c1-c1cccc(F)c1. The number of hydrogen-bond donors (Lipinski definition) is 0. The Morgan fingerprint density at radius 1 is 1.00 bits per heavy atom. The summed E-state index contributed by atoms with van der Waals surface area (Å²) in [5.74, 6) is -1.04. The van der Waals surface area contributed by atoms with Crippen LogP contribution in [0.2, 0.25) is 25.7 Å². The number of rotatable bonds is 10. The standard InChI is InChI=1S/C31H32FN3O5SSi/c1-39-31(36)27-20-28(34(21-40-17-18-42(2,3)4)29(27)22-9-8-10-23(32)19-22)25-13-15-33-30-26(25)14-16-35(30)41(37,38)24-11-6-5-7-12-24/h5-16,19-20H,17-18,21H2,1-4H3. The molecule has 0 saturated carbocycles. The average molecular weight is 606 g/mol. The first-order valence-electron chi connectivity index (χ1n) is 13.4. The zero-order valence-corrected chi connectivity index (χ0v) is 25.7. The van der Waals surface area contributed by atoms with E-state index in [1.54, 1.807) is 48.5 Å². The number of carbonyl (C=O) groups is 1. The van der Waals surface area contributed by atoms with E-state index in [9.17, 15) is 17.6 Å². The molecule has 0 N–H and O–H groups in total. The Hall–Kier alpha value is -4.06. The second-order valence-corrected chi connectivity index (χ2v) is 18.5. The van der Waals surface area contributed by atoms with Crippen LogP contribution in [0, 0.1) is 5.82 Å². The Bertz CT molecular complexity index is 1860. The van der Waals surface area contributed by atoms with Crippen LogP contribution < -0.4 is 0 Å². The lowest BCUT2D eigenvalue weighted by atomic mass is 10.1. The van der Waals surface area contributed by atoms with Crippen molar-refractivity contribution in [1.29, 1.82) is 0 Å². The summed E-state index contributed by atoms with van der Waals surface area (Å²) in [6.45, 7) is 7.36. The third-order valence-electron chi connectivity index (χ3n) is 6.95. The summed E-state index contributed by atoms with van der Waals surface area (Å²) in [6, 6.07) is 20.2. The molecule has 5 aromatic rings. The maximum Gasteiger partial charge on any atom is 0.340 e. The minimum absolute atomic E-state index is 0.0789. The van der Waals surface area contributed by atoms with Gasteiger partial charge in [0, 0.05) is 43.6 Å². The summed E-state index contributed by atoms with van der Waals surface area (Å²) in [5.41, 5.74) is 2.58. The number of pyridine rings is 1. The summed E-state index contributed by atoms with van der Waals surface area (Å²) >= 11 is 0. The molecule has 3 heterocycles. The Labute approximate surface area is 245 Å². The largest absolute Gasteiger partial charge is 0.465 e. The molecule has 5 rings (SSSR count). The maximum atomic E-state index is 14.4. The van der Waals surface area contributed by atoms with Crippen molar-refractivity contribution in [3.05, 3.63) is 96.6 Å². The van der Waals surface area contributed by atoms with Gasteiger partial charge in [-0.05, 0) is 48.5 Å². The summed E-state index contributed by atoms with van der Waals surface area (Å²) < 4.78 is 55.6. The first-order valence-corrected chi connectivity index (χ1v) is 18.6. The highest BCUT2D eigenvalue weighted by Gasteiger charge is 2.26. The van der Waals surface area contributed by atoms with E-state index in [0.717, 1.165) is 10.0 Å². The fraction of sp³-hybridized carbons (Fsp3) is 0.226. The minimum Gasteiger partial charge on any atom is -0.465 e. The van der Waals surface area contributed by atoms with Gasteiger partial charge in [-0.2, -0.15) is 0 Å². The van der Waals surface area contributed by atoms with E-state index in [0.29, 0.717) is 34.5 Å². The molecule has 0 radical (unpaired) electrons. The molecule has 0 bridgehead atoms. The van der Waals surface area contributed by atoms with Gasteiger partial charge in [0.2, 0.25) is 0 Å². The van der Waals surface area contributed by atoms with Gasteiger partial charge in [0.15, 0.2) is 5.65 Å². The number of aromatic nitrogens is 3. The van der Waals surface area contributed by atoms with Gasteiger partial charge in [0.05, 0.1) is 29.0 Å². The van der Waals surface area contributed by atoms with Gasteiger partial charge in [-0.3, -0.25) is 0 Å². The van der Waals surface area contributed by atoms with Crippen LogP contribution in [-0.4, -0.2) is 49.7 Å². The molecule has 218 valence electrons. The molecule has 42 heavy (non-hydrogen) atoms. The first-order chi connectivity index (χ1) is 20.0. The van der Waals surface area contributed by atoms with Crippen LogP contribution in [0.25, 0.3) is 33.5 Å². The smallest absolute Gasteiger partial charge is 0.340 e. The third-order valence-corrected chi connectivity index (χ3v) is 10.3. The lowest BCUT2D eigenvalue weighted by molar-refractivity contribution is 0.0600. The molecule has 8 nitrogen and oxygen atoms in total. The van der Waals surface area contributed by atoms with Crippen molar-refractivity contribution in [3.63, 3.8) is 0 Å². The second kappa shape index (κ2) is 11.7. The Balaban J connectivity index is 1.71. The number of benzene rings is 2. The van der Waals surface area contributed by atoms with E-state index in [1.807, 2.05) is 4.57 Å². The molecule has 0 atom stereocenters. The fourth-order valence-corrected chi connectivity index (χ4v) is 6.87. The topological polar surface area (TPSA) is 92.4 Å². The van der Waals surface area contributed by atoms with E-state index in [2.05, 4.69) is 24.6 Å². The summed E-state index contributed by atoms with van der Waals surface area (Å²) in [7, 11) is -4.01. The Morgan fingerprint density at radius 2 is 1.76 bits per heavy atom. The normalized spacial score (nSPS) is 12.1. The van der Waals surface area contributed by atoms with Crippen LogP contribution in [0.4, 0.5) is 4.39 Å². The number of fused-ring (bicyclic) bond motifs is 1. The van der Waals surface area contributed by atoms with Gasteiger partial charge in [-0.15, -0.1) is 0 Å². The first kappa shape index (κ1) is 29.4. The highest BCUT2D eigenvalue weighted by Crippen LogP contribution is 2.37. The van der Waals surface area contributed by atoms with Crippen LogP contribution in [-0.2, 0) is 26.2 Å². The molecule has 2 aromatic carbocycles. The number of methoxy groups -OCH3 is 1. The molecule has 0 fully saturated rings. The lowest BCUT2D eigenvalue weighted by Crippen LogP contribution is -2.22. The van der Waals surface area contributed by atoms with Gasteiger partial charge < -0.3 is 14.0 Å². The van der Waals surface area contributed by atoms with Crippen molar-refractivity contribution in [3.8, 4) is 22.5 Å². The molecular formula is C31H32FN3O5SSi. The lowest BCUT2D eigenvalue weighted by Gasteiger charge is -2.18. The van der Waals surface area contributed by atoms with Gasteiger partial charge in [-0.1, -0.05) is 50.0 Å². The Morgan fingerprint density at radius 3 is 2.45 bits per heavy atom. The van der Waals surface area contributed by atoms with Crippen molar-refractivity contribution < 1.29 is 27.1 Å². The number of halogens is 1. The number of ether oxygens (including phenoxy) is 2. The van der Waals surface area contributed by atoms with Crippen molar-refractivity contribution >= 4 is 35.1 Å². The molecule has 0 saturated heterocycles. The summed E-state index contributed by atoms with van der Waals surface area (Å²) in [4.78, 5) is 17.6. The monoisotopic (exact) mass is 605 g/mol. The van der Waals surface area contributed by atoms with Crippen molar-refractivity contribution in [1.82, 2.24) is 13.5 Å². The highest BCUT2D eigenvalue weighted by atomic mass is 32.2. The van der Waals surface area contributed by atoms with Gasteiger partial charge in [0.1, 0.15) is 12.5 Å². The summed E-state index contributed by atoms with van der Waals surface area (Å²) in [5, 5.41) is 0.556. The molecule has 0 unspecified atom stereocenters. The fourth-order valence-electron chi connectivity index (χ4n) is 4.79. The van der Waals surface area contributed by atoms with Crippen molar-refractivity contribution in [2.75, 3.05) is 13.7 Å². The highest BCUT2D eigenvalue weighted by molar-refractivity contribution is 7.90. The zero-order valence-electron chi connectivity index (χ0n) is 23.9. The molecule has 0 aliphatic carbocycles. The third kappa shape index (κ3) is 5.80.